The summed E-state index contributed by atoms with van der Waals surface area (Å²) < 4.78 is 5.93. The molecule has 2 atom stereocenters. The van der Waals surface area contributed by atoms with Crippen LogP contribution in [0.15, 0.2) is 31.0 Å². The number of carbonyl (C=O) groups is 1. The zero-order valence-electron chi connectivity index (χ0n) is 12.2. The molecule has 106 valence electrons. The van der Waals surface area contributed by atoms with Gasteiger partial charge in [-0.05, 0) is 25.5 Å². The number of ether oxygens (including phenoxy) is 1. The van der Waals surface area contributed by atoms with Crippen molar-refractivity contribution in [3.05, 3.63) is 36.7 Å². The normalized spacial score (nSPS) is 15.7. The van der Waals surface area contributed by atoms with Crippen LogP contribution in [-0.4, -0.2) is 17.4 Å². The average Bonchev–Trinajstić information content (AvgIpc) is 2.96. The van der Waals surface area contributed by atoms with Crippen molar-refractivity contribution in [1.29, 1.82) is 0 Å². The van der Waals surface area contributed by atoms with Crippen molar-refractivity contribution in [2.45, 2.75) is 45.6 Å². The van der Waals surface area contributed by atoms with E-state index in [-0.39, 0.29) is 11.7 Å². The summed E-state index contributed by atoms with van der Waals surface area (Å²) in [5.41, 5.74) is -0.104. The van der Waals surface area contributed by atoms with Crippen LogP contribution in [0.25, 0.3) is 0 Å². The topological polar surface area (TPSA) is 42.1 Å². The Morgan fingerprint density at radius 3 is 2.84 bits per heavy atom. The van der Waals surface area contributed by atoms with Crippen LogP contribution in [0, 0.1) is 5.92 Å². The van der Waals surface area contributed by atoms with Crippen LogP contribution in [-0.2, 0) is 15.1 Å². The van der Waals surface area contributed by atoms with Crippen molar-refractivity contribution in [3.8, 4) is 0 Å². The molecule has 1 heterocycles. The number of unbranched alkanes of at least 4 members (excludes halogenated alkanes) is 2. The molecular formula is C16H25NO2. The summed E-state index contributed by atoms with van der Waals surface area (Å²) in [5.74, 6) is -0.180. The van der Waals surface area contributed by atoms with Crippen molar-refractivity contribution in [1.82, 2.24) is 4.98 Å². The lowest BCUT2D eigenvalue weighted by atomic mass is 9.88. The third-order valence-corrected chi connectivity index (χ3v) is 3.49. The Kier molecular flexibility index (Phi) is 6.03. The van der Waals surface area contributed by atoms with Gasteiger partial charge in [0.1, 0.15) is 0 Å². The maximum Gasteiger partial charge on any atom is 0.176 e. The lowest BCUT2D eigenvalue weighted by Crippen LogP contribution is -2.39. The number of hydrogen-bond acceptors (Lipinski definition) is 2. The number of nitrogens with one attached hydrogen (secondary N) is 1. The Morgan fingerprint density at radius 2 is 2.32 bits per heavy atom. The molecule has 0 fully saturated rings. The Balaban J connectivity index is 2.85. The number of carbonyl (C=O) groups excluding carboxylic acids is 1. The van der Waals surface area contributed by atoms with Gasteiger partial charge >= 0.3 is 0 Å². The molecule has 0 aliphatic rings. The molecule has 0 amide bonds. The van der Waals surface area contributed by atoms with Crippen molar-refractivity contribution < 1.29 is 9.53 Å². The first kappa shape index (κ1) is 15.7. The summed E-state index contributed by atoms with van der Waals surface area (Å²) in [5, 5.41) is 0. The molecule has 0 saturated heterocycles. The number of aromatic nitrogens is 1. The van der Waals surface area contributed by atoms with E-state index in [2.05, 4.69) is 18.5 Å². The second-order valence-corrected chi connectivity index (χ2v) is 5.06. The summed E-state index contributed by atoms with van der Waals surface area (Å²) in [4.78, 5) is 15.6. The van der Waals surface area contributed by atoms with Gasteiger partial charge in [-0.1, -0.05) is 32.8 Å². The molecule has 0 radical (unpaired) electrons. The Morgan fingerprint density at radius 1 is 1.58 bits per heavy atom. The predicted octanol–water partition coefficient (Wildman–Crippen LogP) is 3.83. The van der Waals surface area contributed by atoms with Gasteiger partial charge in [0.05, 0.1) is 5.69 Å². The summed E-state index contributed by atoms with van der Waals surface area (Å²) in [7, 11) is 0. The summed E-state index contributed by atoms with van der Waals surface area (Å²) >= 11 is 0. The van der Waals surface area contributed by atoms with Gasteiger partial charge in [0, 0.05) is 18.7 Å². The molecule has 1 N–H and O–H groups in total. The minimum Gasteiger partial charge on any atom is -0.362 e. The van der Waals surface area contributed by atoms with E-state index in [9.17, 15) is 4.79 Å². The maximum atomic E-state index is 12.5. The average molecular weight is 263 g/mol. The highest BCUT2D eigenvalue weighted by Crippen LogP contribution is 2.29. The van der Waals surface area contributed by atoms with Crippen LogP contribution in [0.5, 0.6) is 0 Å². The lowest BCUT2D eigenvalue weighted by Gasteiger charge is -2.29. The summed E-state index contributed by atoms with van der Waals surface area (Å²) in [6.45, 7) is 10.1. The SMILES string of the molecule is C=CC(C)C(=O)C(C)(OCCCCC)c1ccc[nH]1. The van der Waals surface area contributed by atoms with Crippen LogP contribution < -0.4 is 0 Å². The van der Waals surface area contributed by atoms with Gasteiger partial charge in [0.15, 0.2) is 11.4 Å². The molecule has 0 spiro atoms. The van der Waals surface area contributed by atoms with Gasteiger partial charge in [-0.15, -0.1) is 6.58 Å². The summed E-state index contributed by atoms with van der Waals surface area (Å²) in [6.07, 6.45) is 6.71. The number of Topliss-reactive ketones (excluding diaryl/α,β-unsaturated/α-hetero) is 1. The third-order valence-electron chi connectivity index (χ3n) is 3.49. The zero-order chi connectivity index (χ0) is 14.3. The highest BCUT2D eigenvalue weighted by molar-refractivity contribution is 5.90. The van der Waals surface area contributed by atoms with Gasteiger partial charge in [-0.2, -0.15) is 0 Å². The first-order valence-electron chi connectivity index (χ1n) is 7.01. The number of ketones is 1. The first-order valence-corrected chi connectivity index (χ1v) is 7.01. The van der Waals surface area contributed by atoms with E-state index in [0.29, 0.717) is 6.61 Å². The highest BCUT2D eigenvalue weighted by Gasteiger charge is 2.38. The van der Waals surface area contributed by atoms with Gasteiger partial charge in [-0.25, -0.2) is 0 Å². The van der Waals surface area contributed by atoms with Crippen LogP contribution in [0.3, 0.4) is 0 Å². The largest absolute Gasteiger partial charge is 0.362 e. The van der Waals surface area contributed by atoms with Crippen LogP contribution in [0.2, 0.25) is 0 Å². The Labute approximate surface area is 116 Å². The molecule has 3 heteroatoms. The molecule has 1 aromatic heterocycles. The van der Waals surface area contributed by atoms with Gasteiger partial charge in [0.25, 0.3) is 0 Å². The quantitative estimate of drug-likeness (QED) is 0.543. The highest BCUT2D eigenvalue weighted by atomic mass is 16.5. The molecule has 0 aromatic carbocycles. The molecule has 0 saturated carbocycles. The molecule has 1 rings (SSSR count). The Hall–Kier alpha value is -1.35. The zero-order valence-corrected chi connectivity index (χ0v) is 12.2. The molecule has 0 aliphatic heterocycles. The van der Waals surface area contributed by atoms with Crippen molar-refractivity contribution in [2.24, 2.45) is 5.92 Å². The third kappa shape index (κ3) is 3.80. The Bertz CT molecular complexity index is 397. The van der Waals surface area contributed by atoms with Crippen molar-refractivity contribution in [3.63, 3.8) is 0 Å². The molecule has 2 unspecified atom stereocenters. The molecule has 1 aromatic rings. The van der Waals surface area contributed by atoms with Crippen LogP contribution in [0.1, 0.15) is 45.7 Å². The lowest BCUT2D eigenvalue weighted by molar-refractivity contribution is -0.147. The summed E-state index contributed by atoms with van der Waals surface area (Å²) in [6, 6.07) is 3.78. The van der Waals surface area contributed by atoms with Crippen LogP contribution >= 0.6 is 0 Å². The van der Waals surface area contributed by atoms with Crippen LogP contribution in [0.4, 0.5) is 0 Å². The minimum atomic E-state index is -0.912. The number of hydrogen-bond donors (Lipinski definition) is 1. The molecular weight excluding hydrogens is 238 g/mol. The van der Waals surface area contributed by atoms with E-state index >= 15 is 0 Å². The van der Waals surface area contributed by atoms with E-state index < -0.39 is 5.60 Å². The van der Waals surface area contributed by atoms with E-state index in [4.69, 9.17) is 4.74 Å². The fourth-order valence-electron chi connectivity index (χ4n) is 2.08. The molecule has 0 bridgehead atoms. The van der Waals surface area contributed by atoms with E-state index in [1.165, 1.54) is 0 Å². The van der Waals surface area contributed by atoms with Gasteiger partial charge in [-0.3, -0.25) is 4.79 Å². The van der Waals surface area contributed by atoms with Crippen molar-refractivity contribution >= 4 is 5.78 Å². The number of rotatable bonds is 9. The molecule has 3 nitrogen and oxygen atoms in total. The monoisotopic (exact) mass is 263 g/mol. The number of H-pyrrole nitrogens is 1. The second kappa shape index (κ2) is 7.29. The second-order valence-electron chi connectivity index (χ2n) is 5.06. The van der Waals surface area contributed by atoms with Gasteiger partial charge < -0.3 is 9.72 Å². The fraction of sp³-hybridized carbons (Fsp3) is 0.562. The number of aromatic amines is 1. The number of allylic oxidation sites excluding steroid dienone is 1. The van der Waals surface area contributed by atoms with Gasteiger partial charge in [0.2, 0.25) is 0 Å². The predicted molar refractivity (Wildman–Crippen MR) is 78.0 cm³/mol. The fourth-order valence-corrected chi connectivity index (χ4v) is 2.08. The first-order chi connectivity index (χ1) is 9.06. The molecule has 0 aliphatic carbocycles. The maximum absolute atomic E-state index is 12.5. The smallest absolute Gasteiger partial charge is 0.176 e. The molecule has 19 heavy (non-hydrogen) atoms. The van der Waals surface area contributed by atoms with E-state index in [1.54, 1.807) is 6.08 Å². The standard InChI is InChI=1S/C16H25NO2/c1-5-7-8-12-19-16(4,14-10-9-11-17-14)15(18)13(3)6-2/h6,9-11,13,17H,2,5,7-8,12H2,1,3-4H3. The minimum absolute atomic E-state index is 0.0430. The van der Waals surface area contributed by atoms with E-state index in [1.807, 2.05) is 32.2 Å². The van der Waals surface area contributed by atoms with E-state index in [0.717, 1.165) is 25.0 Å². The van der Waals surface area contributed by atoms with Crippen molar-refractivity contribution in [2.75, 3.05) is 6.61 Å².